The molecule has 2 rings (SSSR count). The zero-order valence-corrected chi connectivity index (χ0v) is 17.5. The van der Waals surface area contributed by atoms with Gasteiger partial charge in [-0.05, 0) is 49.9 Å². The number of carboxylic acids is 1. The van der Waals surface area contributed by atoms with Crippen molar-refractivity contribution in [3.63, 3.8) is 0 Å². The molecular formula is C23H41NO4. The maximum atomic E-state index is 12.3. The van der Waals surface area contributed by atoms with Crippen molar-refractivity contribution in [2.75, 3.05) is 6.54 Å². The number of aliphatic hydroxyl groups is 1. The molecule has 2 unspecified atom stereocenters. The number of nitrogens with one attached hydrogen (secondary N) is 1. The molecule has 1 amide bonds. The van der Waals surface area contributed by atoms with Crippen molar-refractivity contribution in [2.45, 2.75) is 109 Å². The molecule has 2 aliphatic carbocycles. The minimum Gasteiger partial charge on any atom is -0.481 e. The standard InChI is InChI=1S/C23H41NO4/c25-21-14-13-19(18-10-6-3-4-7-11-18)16-20(21)17-22(26)24-15-9-5-1-2-8-12-23(27)28/h18-21,25H,1-17H2,(H,24,26)(H,27,28)/t19-,20?,21?/m0/s1. The number of carbonyl (C=O) groups is 2. The zero-order chi connectivity index (χ0) is 20.2. The van der Waals surface area contributed by atoms with E-state index >= 15 is 0 Å². The molecule has 3 N–H and O–H groups in total. The number of unbranched alkanes of at least 4 members (excludes halogenated alkanes) is 4. The molecule has 0 aromatic heterocycles. The molecule has 5 nitrogen and oxygen atoms in total. The van der Waals surface area contributed by atoms with Gasteiger partial charge < -0.3 is 15.5 Å². The van der Waals surface area contributed by atoms with Gasteiger partial charge in [0.15, 0.2) is 0 Å². The second-order valence-corrected chi connectivity index (χ2v) is 9.12. The Labute approximate surface area is 170 Å². The Bertz CT molecular complexity index is 460. The van der Waals surface area contributed by atoms with Gasteiger partial charge in [0, 0.05) is 19.4 Å². The van der Waals surface area contributed by atoms with Crippen molar-refractivity contribution in [3.05, 3.63) is 0 Å². The van der Waals surface area contributed by atoms with Gasteiger partial charge in [-0.3, -0.25) is 9.59 Å². The molecule has 0 bridgehead atoms. The fourth-order valence-corrected chi connectivity index (χ4v) is 5.18. The lowest BCUT2D eigenvalue weighted by Crippen LogP contribution is -2.36. The molecule has 28 heavy (non-hydrogen) atoms. The van der Waals surface area contributed by atoms with Gasteiger partial charge in [0.25, 0.3) is 0 Å². The summed E-state index contributed by atoms with van der Waals surface area (Å²) < 4.78 is 0. The van der Waals surface area contributed by atoms with E-state index in [0.717, 1.165) is 57.3 Å². The molecule has 0 radical (unpaired) electrons. The molecule has 5 heteroatoms. The second-order valence-electron chi connectivity index (χ2n) is 9.12. The maximum absolute atomic E-state index is 12.3. The van der Waals surface area contributed by atoms with E-state index in [4.69, 9.17) is 5.11 Å². The number of hydrogen-bond donors (Lipinski definition) is 3. The van der Waals surface area contributed by atoms with E-state index < -0.39 is 5.97 Å². The van der Waals surface area contributed by atoms with E-state index in [1.54, 1.807) is 0 Å². The number of amides is 1. The van der Waals surface area contributed by atoms with Crippen molar-refractivity contribution < 1.29 is 19.8 Å². The summed E-state index contributed by atoms with van der Waals surface area (Å²) in [6.45, 7) is 0.687. The highest BCUT2D eigenvalue weighted by atomic mass is 16.4. The van der Waals surface area contributed by atoms with Crippen LogP contribution in [0.5, 0.6) is 0 Å². The first-order valence-electron chi connectivity index (χ1n) is 11.7. The fourth-order valence-electron chi connectivity index (χ4n) is 5.18. The van der Waals surface area contributed by atoms with E-state index in [0.29, 0.717) is 18.9 Å². The summed E-state index contributed by atoms with van der Waals surface area (Å²) in [5.74, 6) is 0.986. The van der Waals surface area contributed by atoms with E-state index in [-0.39, 0.29) is 24.3 Å². The third kappa shape index (κ3) is 8.93. The quantitative estimate of drug-likeness (QED) is 0.351. The first-order chi connectivity index (χ1) is 13.6. The number of carboxylic acid groups (broad SMARTS) is 1. The van der Waals surface area contributed by atoms with Gasteiger partial charge >= 0.3 is 5.97 Å². The van der Waals surface area contributed by atoms with Crippen LogP contribution < -0.4 is 5.32 Å². The van der Waals surface area contributed by atoms with Crippen molar-refractivity contribution >= 4 is 11.9 Å². The van der Waals surface area contributed by atoms with Crippen molar-refractivity contribution in [2.24, 2.45) is 17.8 Å². The average Bonchev–Trinajstić information content (AvgIpc) is 2.95. The Hall–Kier alpha value is -1.10. The van der Waals surface area contributed by atoms with Crippen molar-refractivity contribution in [3.8, 4) is 0 Å². The van der Waals surface area contributed by atoms with Gasteiger partial charge in [-0.2, -0.15) is 0 Å². The van der Waals surface area contributed by atoms with E-state index in [2.05, 4.69) is 5.32 Å². The Morgan fingerprint density at radius 1 is 0.821 bits per heavy atom. The van der Waals surface area contributed by atoms with Crippen molar-refractivity contribution in [1.29, 1.82) is 0 Å². The summed E-state index contributed by atoms with van der Waals surface area (Å²) in [5, 5.41) is 22.0. The molecule has 0 heterocycles. The second kappa shape index (κ2) is 13.2. The van der Waals surface area contributed by atoms with Crippen LogP contribution in [0.1, 0.15) is 103 Å². The van der Waals surface area contributed by atoms with Crippen molar-refractivity contribution in [1.82, 2.24) is 5.32 Å². The highest BCUT2D eigenvalue weighted by Gasteiger charge is 2.34. The highest BCUT2D eigenvalue weighted by Crippen LogP contribution is 2.40. The first kappa shape index (κ1) is 23.2. The molecule has 2 fully saturated rings. The average molecular weight is 396 g/mol. The Kier molecular flexibility index (Phi) is 10.9. The third-order valence-corrected chi connectivity index (χ3v) is 6.89. The smallest absolute Gasteiger partial charge is 0.303 e. The molecule has 2 saturated carbocycles. The monoisotopic (exact) mass is 395 g/mol. The lowest BCUT2D eigenvalue weighted by Gasteiger charge is -2.37. The van der Waals surface area contributed by atoms with E-state index in [9.17, 15) is 14.7 Å². The predicted octanol–water partition coefficient (Wildman–Crippen LogP) is 4.67. The van der Waals surface area contributed by atoms with Crippen LogP contribution in [0.15, 0.2) is 0 Å². The summed E-state index contributed by atoms with van der Waals surface area (Å²) in [6, 6.07) is 0. The largest absolute Gasteiger partial charge is 0.481 e. The summed E-state index contributed by atoms with van der Waals surface area (Å²) in [7, 11) is 0. The molecular weight excluding hydrogens is 354 g/mol. The summed E-state index contributed by atoms with van der Waals surface area (Å²) >= 11 is 0. The summed E-state index contributed by atoms with van der Waals surface area (Å²) in [5.41, 5.74) is 0. The minimum atomic E-state index is -0.724. The Balaban J connectivity index is 1.60. The van der Waals surface area contributed by atoms with E-state index in [1.165, 1.54) is 38.5 Å². The Morgan fingerprint density at radius 2 is 1.50 bits per heavy atom. The maximum Gasteiger partial charge on any atom is 0.303 e. The normalized spacial score (nSPS) is 26.5. The SMILES string of the molecule is O=C(O)CCCCCCCNC(=O)CC1C[C@@H](C2CCCCCC2)CCC1O. The van der Waals surface area contributed by atoms with Crippen LogP contribution in [-0.2, 0) is 9.59 Å². The van der Waals surface area contributed by atoms with Gasteiger partial charge in [0.2, 0.25) is 5.91 Å². The molecule has 2 aliphatic rings. The third-order valence-electron chi connectivity index (χ3n) is 6.89. The van der Waals surface area contributed by atoms with Gasteiger partial charge in [0.05, 0.1) is 6.10 Å². The summed E-state index contributed by atoms with van der Waals surface area (Å²) in [4.78, 5) is 22.8. The zero-order valence-electron chi connectivity index (χ0n) is 17.5. The lowest BCUT2D eigenvalue weighted by atomic mass is 9.70. The van der Waals surface area contributed by atoms with Gasteiger partial charge in [0.1, 0.15) is 0 Å². The molecule has 0 aromatic rings. The first-order valence-corrected chi connectivity index (χ1v) is 11.7. The predicted molar refractivity (Wildman–Crippen MR) is 111 cm³/mol. The molecule has 0 saturated heterocycles. The van der Waals surface area contributed by atoms with Crippen LogP contribution in [-0.4, -0.2) is 34.7 Å². The van der Waals surface area contributed by atoms with Crippen LogP contribution in [0.3, 0.4) is 0 Å². The van der Waals surface area contributed by atoms with Crippen LogP contribution >= 0.6 is 0 Å². The molecule has 0 aliphatic heterocycles. The van der Waals surface area contributed by atoms with Gasteiger partial charge in [-0.1, -0.05) is 57.8 Å². The summed E-state index contributed by atoms with van der Waals surface area (Å²) in [6.07, 6.45) is 16.2. The number of aliphatic hydroxyl groups excluding tert-OH is 1. The van der Waals surface area contributed by atoms with Crippen LogP contribution in [0, 0.1) is 17.8 Å². The number of carbonyl (C=O) groups excluding carboxylic acids is 1. The Morgan fingerprint density at radius 3 is 2.21 bits per heavy atom. The highest BCUT2D eigenvalue weighted by molar-refractivity contribution is 5.76. The minimum absolute atomic E-state index is 0.0800. The molecule has 162 valence electrons. The molecule has 3 atom stereocenters. The van der Waals surface area contributed by atoms with Crippen LogP contribution in [0.4, 0.5) is 0 Å². The molecule has 0 spiro atoms. The van der Waals surface area contributed by atoms with Crippen LogP contribution in [0.2, 0.25) is 0 Å². The van der Waals surface area contributed by atoms with E-state index in [1.807, 2.05) is 0 Å². The molecule has 0 aromatic carbocycles. The topological polar surface area (TPSA) is 86.6 Å². The fraction of sp³-hybridized carbons (Fsp3) is 0.913. The van der Waals surface area contributed by atoms with Gasteiger partial charge in [-0.25, -0.2) is 0 Å². The number of rotatable bonds is 11. The number of aliphatic carboxylic acids is 1. The van der Waals surface area contributed by atoms with Gasteiger partial charge in [-0.15, -0.1) is 0 Å². The number of hydrogen-bond acceptors (Lipinski definition) is 3. The van der Waals surface area contributed by atoms with Crippen LogP contribution in [0.25, 0.3) is 0 Å². The lowest BCUT2D eigenvalue weighted by molar-refractivity contribution is -0.137.